The third-order valence-electron chi connectivity index (χ3n) is 4.84. The van der Waals surface area contributed by atoms with Gasteiger partial charge in [0.05, 0.1) is 7.11 Å². The first-order valence-electron chi connectivity index (χ1n) is 8.38. The lowest BCUT2D eigenvalue weighted by Gasteiger charge is -2.23. The number of hydrogen-bond donors (Lipinski definition) is 2. The molecule has 1 aromatic heterocycles. The maximum Gasteiger partial charge on any atom is 0.251 e. The van der Waals surface area contributed by atoms with Gasteiger partial charge in [0, 0.05) is 28.2 Å². The van der Waals surface area contributed by atoms with Crippen molar-refractivity contribution in [2.45, 2.75) is 25.3 Å². The Balaban J connectivity index is 1.55. The number of fused-ring (bicyclic) bond motifs is 3. The molecule has 1 heterocycles. The number of nitrogens with one attached hydrogen (secondary N) is 2. The second-order valence-corrected chi connectivity index (χ2v) is 6.41. The van der Waals surface area contributed by atoms with Gasteiger partial charge in [-0.15, -0.1) is 0 Å². The van der Waals surface area contributed by atoms with Gasteiger partial charge < -0.3 is 15.0 Å². The number of ether oxygens (including phenoxy) is 1. The van der Waals surface area contributed by atoms with E-state index in [1.165, 1.54) is 35.5 Å². The van der Waals surface area contributed by atoms with Gasteiger partial charge in [0.15, 0.2) is 0 Å². The number of aryl methyl sites for hydroxylation is 1. The topological polar surface area (TPSA) is 54.1 Å². The van der Waals surface area contributed by atoms with Gasteiger partial charge >= 0.3 is 0 Å². The van der Waals surface area contributed by atoms with E-state index in [1.54, 1.807) is 7.11 Å². The van der Waals surface area contributed by atoms with E-state index in [9.17, 15) is 9.18 Å². The van der Waals surface area contributed by atoms with E-state index in [0.29, 0.717) is 5.56 Å². The molecule has 5 heteroatoms. The lowest BCUT2D eigenvalue weighted by Crippen LogP contribution is -2.38. The summed E-state index contributed by atoms with van der Waals surface area (Å²) in [5, 5.41) is 4.22. The van der Waals surface area contributed by atoms with Crippen molar-refractivity contribution >= 4 is 16.8 Å². The molecule has 128 valence electrons. The first kappa shape index (κ1) is 15.7. The Hall–Kier alpha value is -2.82. The third kappa shape index (κ3) is 2.97. The average molecular weight is 338 g/mol. The molecule has 1 amide bonds. The molecular weight excluding hydrogens is 319 g/mol. The van der Waals surface area contributed by atoms with Crippen LogP contribution in [-0.2, 0) is 12.8 Å². The van der Waals surface area contributed by atoms with E-state index in [1.807, 2.05) is 18.2 Å². The van der Waals surface area contributed by atoms with Gasteiger partial charge in [0.1, 0.15) is 11.6 Å². The van der Waals surface area contributed by atoms with Crippen LogP contribution in [0.25, 0.3) is 10.9 Å². The van der Waals surface area contributed by atoms with Crippen LogP contribution in [0.4, 0.5) is 4.39 Å². The molecule has 0 saturated carbocycles. The van der Waals surface area contributed by atoms with Gasteiger partial charge in [0.25, 0.3) is 5.91 Å². The fraction of sp³-hybridized carbons (Fsp3) is 0.250. The van der Waals surface area contributed by atoms with Gasteiger partial charge in [-0.25, -0.2) is 4.39 Å². The number of hydrogen-bond acceptors (Lipinski definition) is 2. The Morgan fingerprint density at radius 1 is 1.24 bits per heavy atom. The third-order valence-corrected chi connectivity index (χ3v) is 4.84. The van der Waals surface area contributed by atoms with Crippen LogP contribution in [0.5, 0.6) is 5.75 Å². The van der Waals surface area contributed by atoms with Crippen LogP contribution in [0.1, 0.15) is 28.0 Å². The van der Waals surface area contributed by atoms with Gasteiger partial charge in [-0.2, -0.15) is 0 Å². The molecule has 0 saturated heterocycles. The van der Waals surface area contributed by atoms with E-state index in [-0.39, 0.29) is 17.8 Å². The molecule has 0 radical (unpaired) electrons. The Labute approximate surface area is 145 Å². The zero-order valence-electron chi connectivity index (χ0n) is 13.9. The molecule has 0 bridgehead atoms. The van der Waals surface area contributed by atoms with E-state index in [2.05, 4.69) is 10.3 Å². The molecule has 0 aliphatic heterocycles. The summed E-state index contributed by atoms with van der Waals surface area (Å²) < 4.78 is 18.3. The first-order chi connectivity index (χ1) is 12.1. The maximum atomic E-state index is 13.0. The molecule has 4 rings (SSSR count). The zero-order valence-corrected chi connectivity index (χ0v) is 13.9. The quantitative estimate of drug-likeness (QED) is 0.767. The highest BCUT2D eigenvalue weighted by molar-refractivity contribution is 5.94. The molecule has 3 aromatic rings. The standard InChI is InChI=1S/C20H19FN2O2/c1-25-15-7-9-19-17(11-15)16-10-14(6-8-18(16)23-19)22-20(24)12-2-4-13(21)5-3-12/h2-5,7,9,11,14,23H,6,8,10H2,1H3,(H,22,24). The number of methoxy groups -OCH3 is 1. The molecule has 1 aliphatic rings. The van der Waals surface area contributed by atoms with Gasteiger partial charge in [-0.1, -0.05) is 0 Å². The molecule has 2 aromatic carbocycles. The van der Waals surface area contributed by atoms with Crippen molar-refractivity contribution in [2.75, 3.05) is 7.11 Å². The summed E-state index contributed by atoms with van der Waals surface area (Å²) in [6.45, 7) is 0. The fourth-order valence-corrected chi connectivity index (χ4v) is 3.52. The highest BCUT2D eigenvalue weighted by Gasteiger charge is 2.24. The summed E-state index contributed by atoms with van der Waals surface area (Å²) in [6, 6.07) is 11.7. The number of aromatic amines is 1. The smallest absolute Gasteiger partial charge is 0.251 e. The highest BCUT2D eigenvalue weighted by Crippen LogP contribution is 2.31. The fourth-order valence-electron chi connectivity index (χ4n) is 3.52. The Kier molecular flexibility index (Phi) is 3.92. The zero-order chi connectivity index (χ0) is 17.4. The number of aromatic nitrogens is 1. The Bertz CT molecular complexity index is 931. The minimum Gasteiger partial charge on any atom is -0.497 e. The van der Waals surface area contributed by atoms with Crippen LogP contribution in [0, 0.1) is 5.82 Å². The normalized spacial score (nSPS) is 16.5. The average Bonchev–Trinajstić information content (AvgIpc) is 2.99. The summed E-state index contributed by atoms with van der Waals surface area (Å²) in [5.41, 5.74) is 4.05. The summed E-state index contributed by atoms with van der Waals surface area (Å²) in [6.07, 6.45) is 2.54. The lowest BCUT2D eigenvalue weighted by atomic mass is 9.91. The van der Waals surface area contributed by atoms with Crippen LogP contribution < -0.4 is 10.1 Å². The van der Waals surface area contributed by atoms with Crippen LogP contribution >= 0.6 is 0 Å². The molecule has 0 spiro atoms. The number of carbonyl (C=O) groups is 1. The summed E-state index contributed by atoms with van der Waals surface area (Å²) in [7, 11) is 1.66. The number of carbonyl (C=O) groups excluding carboxylic acids is 1. The molecule has 25 heavy (non-hydrogen) atoms. The van der Waals surface area contributed by atoms with Crippen molar-refractivity contribution in [1.82, 2.24) is 10.3 Å². The maximum absolute atomic E-state index is 13.0. The Morgan fingerprint density at radius 3 is 2.80 bits per heavy atom. The predicted molar refractivity (Wildman–Crippen MR) is 94.5 cm³/mol. The number of H-pyrrole nitrogens is 1. The second-order valence-electron chi connectivity index (χ2n) is 6.41. The van der Waals surface area contributed by atoms with Crippen LogP contribution in [-0.4, -0.2) is 24.0 Å². The largest absolute Gasteiger partial charge is 0.497 e. The van der Waals surface area contributed by atoms with E-state index >= 15 is 0 Å². The Morgan fingerprint density at radius 2 is 2.04 bits per heavy atom. The van der Waals surface area contributed by atoms with Crippen molar-refractivity contribution < 1.29 is 13.9 Å². The van der Waals surface area contributed by atoms with E-state index in [4.69, 9.17) is 4.74 Å². The molecule has 4 nitrogen and oxygen atoms in total. The second kappa shape index (κ2) is 6.24. The highest BCUT2D eigenvalue weighted by atomic mass is 19.1. The molecular formula is C20H19FN2O2. The van der Waals surface area contributed by atoms with Crippen molar-refractivity contribution in [2.24, 2.45) is 0 Å². The number of benzene rings is 2. The van der Waals surface area contributed by atoms with Crippen molar-refractivity contribution in [3.05, 3.63) is 65.1 Å². The molecule has 1 aliphatic carbocycles. The minimum absolute atomic E-state index is 0.0651. The molecule has 2 N–H and O–H groups in total. The van der Waals surface area contributed by atoms with Gasteiger partial charge in [-0.05, 0) is 67.3 Å². The monoisotopic (exact) mass is 338 g/mol. The molecule has 1 atom stereocenters. The van der Waals surface area contributed by atoms with E-state index in [0.717, 1.165) is 35.9 Å². The van der Waals surface area contributed by atoms with Crippen molar-refractivity contribution in [3.8, 4) is 5.75 Å². The van der Waals surface area contributed by atoms with Crippen LogP contribution in [0.2, 0.25) is 0 Å². The SMILES string of the molecule is COc1ccc2[nH]c3c(c2c1)CC(NC(=O)c1ccc(F)cc1)CC3. The molecule has 0 fully saturated rings. The van der Waals surface area contributed by atoms with Crippen molar-refractivity contribution in [3.63, 3.8) is 0 Å². The summed E-state index contributed by atoms with van der Waals surface area (Å²) in [4.78, 5) is 15.8. The summed E-state index contributed by atoms with van der Waals surface area (Å²) >= 11 is 0. The van der Waals surface area contributed by atoms with Crippen LogP contribution in [0.15, 0.2) is 42.5 Å². The number of rotatable bonds is 3. The first-order valence-corrected chi connectivity index (χ1v) is 8.38. The number of amides is 1. The van der Waals surface area contributed by atoms with Gasteiger partial charge in [-0.3, -0.25) is 4.79 Å². The summed E-state index contributed by atoms with van der Waals surface area (Å²) in [5.74, 6) is 0.323. The van der Waals surface area contributed by atoms with Gasteiger partial charge in [0.2, 0.25) is 0 Å². The van der Waals surface area contributed by atoms with Crippen LogP contribution in [0.3, 0.4) is 0 Å². The molecule has 1 unspecified atom stereocenters. The number of halogens is 1. The van der Waals surface area contributed by atoms with E-state index < -0.39 is 0 Å². The minimum atomic E-state index is -0.341. The lowest BCUT2D eigenvalue weighted by molar-refractivity contribution is 0.0933. The predicted octanol–water partition coefficient (Wildman–Crippen LogP) is 3.60. The van der Waals surface area contributed by atoms with Crippen molar-refractivity contribution in [1.29, 1.82) is 0 Å².